The molecule has 9 aromatic carbocycles. The Morgan fingerprint density at radius 1 is 0.357 bits per heavy atom. The molecular weight excluding hydrogens is 697 g/mol. The van der Waals surface area contributed by atoms with Crippen LogP contribution in [0, 0.1) is 0 Å². The van der Waals surface area contributed by atoms with Crippen molar-refractivity contribution in [2.45, 2.75) is 29.1 Å². The minimum Gasteiger partial charge on any atom is -0.310 e. The first-order valence-electron chi connectivity index (χ1n) is 19.3. The van der Waals surface area contributed by atoms with Crippen LogP contribution in [0.5, 0.6) is 0 Å². The Kier molecular flexibility index (Phi) is 7.49. The third-order valence-corrected chi connectivity index (χ3v) is 12.9. The van der Waals surface area contributed by atoms with Crippen molar-refractivity contribution in [3.63, 3.8) is 0 Å². The Labute approximate surface area is 332 Å². The Morgan fingerprint density at radius 2 is 0.911 bits per heavy atom. The lowest BCUT2D eigenvalue weighted by atomic mass is 9.82. The first kappa shape index (κ1) is 32.8. The predicted molar refractivity (Wildman–Crippen MR) is 238 cm³/mol. The second-order valence-electron chi connectivity index (χ2n) is 15.4. The normalized spacial score (nSPS) is 13.2. The van der Waals surface area contributed by atoms with Crippen LogP contribution in [-0.4, -0.2) is 0 Å². The summed E-state index contributed by atoms with van der Waals surface area (Å²) in [6.07, 6.45) is 0. The fourth-order valence-corrected chi connectivity index (χ4v) is 10.3. The number of hydrogen-bond donors (Lipinski definition) is 0. The van der Waals surface area contributed by atoms with Gasteiger partial charge in [-0.25, -0.2) is 0 Å². The molecule has 0 amide bonds. The number of para-hydroxylation sites is 3. The Morgan fingerprint density at radius 3 is 1.61 bits per heavy atom. The van der Waals surface area contributed by atoms with Crippen LogP contribution in [-0.2, 0) is 5.41 Å². The number of rotatable bonds is 6. The molecule has 1 heterocycles. The summed E-state index contributed by atoms with van der Waals surface area (Å²) >= 11 is 1.88. The molecule has 0 aromatic heterocycles. The van der Waals surface area contributed by atoms with E-state index in [9.17, 15) is 0 Å². The van der Waals surface area contributed by atoms with E-state index in [1.807, 2.05) is 11.8 Å². The monoisotopic (exact) mass is 734 g/mol. The minimum atomic E-state index is -0.0828. The quantitative estimate of drug-likeness (QED) is 0.157. The maximum atomic E-state index is 2.42. The highest BCUT2D eigenvalue weighted by Gasteiger charge is 2.36. The molecule has 56 heavy (non-hydrogen) atoms. The SMILES string of the molecule is CC1(C)c2ccccc2-c2ccc(N(c3ccccc3)c3ccc4cc5c6c(cccc6c4c3)Sc3cc(N(c4ccccc4)c4ccccc4)ccc3-5)cc21. The summed E-state index contributed by atoms with van der Waals surface area (Å²) in [6, 6.07) is 71.2. The van der Waals surface area contributed by atoms with Gasteiger partial charge in [-0.05, 0) is 134 Å². The molecule has 0 spiro atoms. The summed E-state index contributed by atoms with van der Waals surface area (Å²) in [5.41, 5.74) is 14.8. The largest absolute Gasteiger partial charge is 0.310 e. The molecule has 0 bridgehead atoms. The van der Waals surface area contributed by atoms with Crippen LogP contribution in [0.4, 0.5) is 34.1 Å². The van der Waals surface area contributed by atoms with E-state index in [1.165, 1.54) is 70.4 Å². The second-order valence-corrected chi connectivity index (χ2v) is 16.5. The summed E-state index contributed by atoms with van der Waals surface area (Å²) in [6.45, 7) is 4.71. The lowest BCUT2D eigenvalue weighted by Gasteiger charge is -2.29. The van der Waals surface area contributed by atoms with E-state index in [0.717, 1.165) is 28.4 Å². The minimum absolute atomic E-state index is 0.0828. The molecule has 0 fully saturated rings. The Bertz CT molecular complexity index is 2930. The van der Waals surface area contributed by atoms with Gasteiger partial charge in [0.1, 0.15) is 0 Å². The molecule has 2 aliphatic rings. The van der Waals surface area contributed by atoms with Gasteiger partial charge < -0.3 is 9.80 Å². The van der Waals surface area contributed by atoms with Crippen LogP contribution < -0.4 is 9.80 Å². The van der Waals surface area contributed by atoms with E-state index in [-0.39, 0.29) is 5.41 Å². The van der Waals surface area contributed by atoms with Gasteiger partial charge in [0, 0.05) is 54.7 Å². The first-order chi connectivity index (χ1) is 27.5. The molecule has 0 saturated carbocycles. The zero-order valence-electron chi connectivity index (χ0n) is 31.3. The van der Waals surface area contributed by atoms with Gasteiger partial charge in [0.05, 0.1) is 0 Å². The maximum absolute atomic E-state index is 2.42. The highest BCUT2D eigenvalue weighted by molar-refractivity contribution is 7.99. The molecule has 3 heteroatoms. The zero-order valence-corrected chi connectivity index (χ0v) is 32.1. The Balaban J connectivity index is 1.05. The fraction of sp³-hybridized carbons (Fsp3) is 0.0566. The number of benzene rings is 9. The average Bonchev–Trinajstić information content (AvgIpc) is 3.47. The van der Waals surface area contributed by atoms with Crippen LogP contribution in [0.1, 0.15) is 25.0 Å². The highest BCUT2D eigenvalue weighted by atomic mass is 32.2. The summed E-state index contributed by atoms with van der Waals surface area (Å²) in [7, 11) is 0. The molecule has 1 aliphatic heterocycles. The smallest absolute Gasteiger partial charge is 0.0473 e. The molecular formula is C53H38N2S. The molecule has 11 rings (SSSR count). The van der Waals surface area contributed by atoms with Crippen LogP contribution in [0.15, 0.2) is 204 Å². The van der Waals surface area contributed by atoms with E-state index in [2.05, 4.69) is 218 Å². The first-order valence-corrected chi connectivity index (χ1v) is 20.2. The summed E-state index contributed by atoms with van der Waals surface area (Å²) in [5, 5.41) is 5.11. The van der Waals surface area contributed by atoms with Crippen molar-refractivity contribution < 1.29 is 0 Å². The van der Waals surface area contributed by atoms with Crippen molar-refractivity contribution in [2.75, 3.05) is 9.80 Å². The molecule has 266 valence electrons. The van der Waals surface area contributed by atoms with Crippen LogP contribution in [0.25, 0.3) is 43.8 Å². The topological polar surface area (TPSA) is 6.48 Å². The van der Waals surface area contributed by atoms with E-state index >= 15 is 0 Å². The van der Waals surface area contributed by atoms with Gasteiger partial charge in [-0.3, -0.25) is 0 Å². The van der Waals surface area contributed by atoms with Crippen LogP contribution in [0.2, 0.25) is 0 Å². The van der Waals surface area contributed by atoms with E-state index in [0.29, 0.717) is 0 Å². The summed E-state index contributed by atoms with van der Waals surface area (Å²) in [5.74, 6) is 0. The van der Waals surface area contributed by atoms with Crippen LogP contribution >= 0.6 is 11.8 Å². The average molecular weight is 735 g/mol. The van der Waals surface area contributed by atoms with Gasteiger partial charge in [0.2, 0.25) is 0 Å². The molecule has 0 N–H and O–H groups in total. The van der Waals surface area contributed by atoms with Crippen molar-refractivity contribution in [2.24, 2.45) is 0 Å². The number of nitrogens with zero attached hydrogens (tertiary/aromatic N) is 2. The van der Waals surface area contributed by atoms with Gasteiger partial charge in [-0.15, -0.1) is 0 Å². The molecule has 9 aromatic rings. The highest BCUT2D eigenvalue weighted by Crippen LogP contribution is 2.53. The molecule has 0 radical (unpaired) electrons. The summed E-state index contributed by atoms with van der Waals surface area (Å²) in [4.78, 5) is 7.33. The molecule has 0 saturated heterocycles. The zero-order chi connectivity index (χ0) is 37.4. The maximum Gasteiger partial charge on any atom is 0.0473 e. The van der Waals surface area contributed by atoms with Gasteiger partial charge in [0.15, 0.2) is 0 Å². The molecule has 0 atom stereocenters. The van der Waals surface area contributed by atoms with Crippen molar-refractivity contribution in [1.82, 2.24) is 0 Å². The van der Waals surface area contributed by atoms with Crippen molar-refractivity contribution in [3.8, 4) is 22.3 Å². The summed E-state index contributed by atoms with van der Waals surface area (Å²) < 4.78 is 0. The lowest BCUT2D eigenvalue weighted by molar-refractivity contribution is 0.660. The van der Waals surface area contributed by atoms with Gasteiger partial charge in [0.25, 0.3) is 0 Å². The van der Waals surface area contributed by atoms with Gasteiger partial charge in [-0.2, -0.15) is 0 Å². The van der Waals surface area contributed by atoms with E-state index < -0.39 is 0 Å². The van der Waals surface area contributed by atoms with Crippen molar-refractivity contribution in [3.05, 3.63) is 205 Å². The molecule has 1 aliphatic carbocycles. The molecule has 2 nitrogen and oxygen atoms in total. The van der Waals surface area contributed by atoms with Gasteiger partial charge in [-0.1, -0.05) is 135 Å². The van der Waals surface area contributed by atoms with Crippen LogP contribution in [0.3, 0.4) is 0 Å². The second kappa shape index (κ2) is 12.8. The number of fused-ring (bicyclic) bond motifs is 7. The third kappa shape index (κ3) is 5.12. The lowest BCUT2D eigenvalue weighted by Crippen LogP contribution is -2.16. The van der Waals surface area contributed by atoms with Crippen molar-refractivity contribution >= 4 is 67.4 Å². The van der Waals surface area contributed by atoms with E-state index in [4.69, 9.17) is 0 Å². The standard InChI is InChI=1S/C53H38N2S/c1-53(2)48-23-13-12-21-42(48)43-29-27-40(33-49(43)53)55(38-19-10-5-11-20-38)39-26-25-35-31-47-44-30-28-41(54(36-15-6-3-7-16-36)37-17-8-4-9-18-37)34-51(44)56-50-24-14-22-45(52(47)50)46(35)32-39/h3-34H,1-2H3. The van der Waals surface area contributed by atoms with E-state index in [1.54, 1.807) is 0 Å². The van der Waals surface area contributed by atoms with Crippen molar-refractivity contribution in [1.29, 1.82) is 0 Å². The van der Waals surface area contributed by atoms with Gasteiger partial charge >= 0.3 is 0 Å². The third-order valence-electron chi connectivity index (χ3n) is 11.8. The number of hydrogen-bond acceptors (Lipinski definition) is 3. The number of anilines is 6. The predicted octanol–water partition coefficient (Wildman–Crippen LogP) is 15.4. The fourth-order valence-electron chi connectivity index (χ4n) is 9.13. The Hall–Kier alpha value is -6.55. The molecule has 0 unspecified atom stereocenters.